The number of benzene rings is 1. The van der Waals surface area contributed by atoms with Gasteiger partial charge in [-0.05, 0) is 24.1 Å². The molecule has 0 aliphatic carbocycles. The lowest BCUT2D eigenvalue weighted by Gasteiger charge is -2.07. The molecule has 0 fully saturated rings. The molecule has 0 saturated heterocycles. The van der Waals surface area contributed by atoms with E-state index in [1.54, 1.807) is 6.07 Å². The average Bonchev–Trinajstić information content (AvgIpc) is 2.28. The predicted octanol–water partition coefficient (Wildman–Crippen LogP) is 1.08. The van der Waals surface area contributed by atoms with Crippen LogP contribution in [0.25, 0.3) is 0 Å². The van der Waals surface area contributed by atoms with Crippen molar-refractivity contribution < 1.29 is 14.6 Å². The number of carbonyl (C=O) groups excluding carboxylic acids is 1. The van der Waals surface area contributed by atoms with Crippen LogP contribution in [-0.2, 0) is 11.4 Å². The number of carbonyl (C=O) groups is 1. The highest BCUT2D eigenvalue weighted by molar-refractivity contribution is 5.72. The fraction of sp³-hybridized carbons (Fsp3) is 0.417. The van der Waals surface area contributed by atoms with Gasteiger partial charge in [0.1, 0.15) is 5.75 Å². The first kappa shape index (κ1) is 12.5. The van der Waals surface area contributed by atoms with Gasteiger partial charge in [-0.3, -0.25) is 4.79 Å². The number of nitrogens with one attached hydrogen (secondary N) is 1. The van der Waals surface area contributed by atoms with Gasteiger partial charge in [0.2, 0.25) is 5.91 Å². The Morgan fingerprint density at radius 1 is 1.50 bits per heavy atom. The molecule has 4 nitrogen and oxygen atoms in total. The molecule has 0 radical (unpaired) electrons. The summed E-state index contributed by atoms with van der Waals surface area (Å²) in [6.07, 6.45) is 0.767. The molecule has 0 spiro atoms. The molecule has 0 saturated carbocycles. The highest BCUT2D eigenvalue weighted by Gasteiger charge is 1.96. The van der Waals surface area contributed by atoms with Gasteiger partial charge in [0.05, 0.1) is 13.2 Å². The summed E-state index contributed by atoms with van der Waals surface area (Å²) in [7, 11) is 0. The lowest BCUT2D eigenvalue weighted by molar-refractivity contribution is -0.118. The van der Waals surface area contributed by atoms with E-state index in [9.17, 15) is 4.79 Å². The molecule has 16 heavy (non-hydrogen) atoms. The van der Waals surface area contributed by atoms with Crippen LogP contribution in [0.5, 0.6) is 5.75 Å². The van der Waals surface area contributed by atoms with E-state index in [2.05, 4.69) is 5.32 Å². The molecular formula is C12H17NO3. The highest BCUT2D eigenvalue weighted by atomic mass is 16.5. The fourth-order valence-corrected chi connectivity index (χ4v) is 1.26. The van der Waals surface area contributed by atoms with Crippen molar-refractivity contribution in [3.8, 4) is 5.75 Å². The summed E-state index contributed by atoms with van der Waals surface area (Å²) in [5.41, 5.74) is 0.833. The minimum absolute atomic E-state index is 0.0170. The summed E-state index contributed by atoms with van der Waals surface area (Å²) < 4.78 is 5.47. The molecule has 0 heterocycles. The maximum Gasteiger partial charge on any atom is 0.216 e. The van der Waals surface area contributed by atoms with Crippen LogP contribution in [0.4, 0.5) is 0 Å². The van der Waals surface area contributed by atoms with E-state index in [0.29, 0.717) is 13.2 Å². The van der Waals surface area contributed by atoms with Crippen molar-refractivity contribution in [2.24, 2.45) is 0 Å². The quantitative estimate of drug-likeness (QED) is 0.710. The van der Waals surface area contributed by atoms with E-state index in [0.717, 1.165) is 17.7 Å². The molecule has 0 unspecified atom stereocenters. The van der Waals surface area contributed by atoms with Crippen molar-refractivity contribution in [1.29, 1.82) is 0 Å². The Hall–Kier alpha value is -1.55. The highest BCUT2D eigenvalue weighted by Crippen LogP contribution is 2.13. The zero-order valence-electron chi connectivity index (χ0n) is 9.40. The van der Waals surface area contributed by atoms with Crippen LogP contribution < -0.4 is 10.1 Å². The summed E-state index contributed by atoms with van der Waals surface area (Å²) in [4.78, 5) is 10.6. The summed E-state index contributed by atoms with van der Waals surface area (Å²) in [5, 5.41) is 11.6. The molecule has 0 aliphatic rings. The Morgan fingerprint density at radius 3 is 3.00 bits per heavy atom. The second-order valence-electron chi connectivity index (χ2n) is 3.49. The van der Waals surface area contributed by atoms with Gasteiger partial charge in [-0.25, -0.2) is 0 Å². The van der Waals surface area contributed by atoms with Gasteiger partial charge in [0.15, 0.2) is 0 Å². The molecule has 1 aromatic rings. The molecule has 1 rings (SSSR count). The van der Waals surface area contributed by atoms with Crippen LogP contribution in [0, 0.1) is 0 Å². The zero-order valence-corrected chi connectivity index (χ0v) is 9.40. The molecule has 0 aromatic heterocycles. The first-order chi connectivity index (χ1) is 7.72. The molecule has 0 aliphatic heterocycles. The second-order valence-corrected chi connectivity index (χ2v) is 3.49. The normalized spacial score (nSPS) is 9.88. The molecule has 1 aromatic carbocycles. The van der Waals surface area contributed by atoms with Crippen LogP contribution in [0.1, 0.15) is 18.9 Å². The smallest absolute Gasteiger partial charge is 0.216 e. The molecule has 1 amide bonds. The lowest BCUT2D eigenvalue weighted by Crippen LogP contribution is -2.22. The Kier molecular flexibility index (Phi) is 5.36. The van der Waals surface area contributed by atoms with E-state index in [4.69, 9.17) is 9.84 Å². The summed E-state index contributed by atoms with van der Waals surface area (Å²) >= 11 is 0. The Balaban J connectivity index is 2.23. The maximum absolute atomic E-state index is 10.6. The van der Waals surface area contributed by atoms with Crippen molar-refractivity contribution in [3.63, 3.8) is 0 Å². The third kappa shape index (κ3) is 4.79. The number of hydrogen-bond acceptors (Lipinski definition) is 3. The molecule has 4 heteroatoms. The molecule has 0 atom stereocenters. The van der Waals surface area contributed by atoms with E-state index in [1.807, 2.05) is 18.2 Å². The SMILES string of the molecule is CC(=O)NCCCOc1cccc(CO)c1. The van der Waals surface area contributed by atoms with Crippen LogP contribution in [0.3, 0.4) is 0 Å². The molecule has 88 valence electrons. The van der Waals surface area contributed by atoms with E-state index < -0.39 is 0 Å². The van der Waals surface area contributed by atoms with Crippen LogP contribution >= 0.6 is 0 Å². The largest absolute Gasteiger partial charge is 0.494 e. The van der Waals surface area contributed by atoms with E-state index in [-0.39, 0.29) is 12.5 Å². The third-order valence-electron chi connectivity index (χ3n) is 2.04. The monoisotopic (exact) mass is 223 g/mol. The Labute approximate surface area is 95.2 Å². The maximum atomic E-state index is 10.6. The summed E-state index contributed by atoms with van der Waals surface area (Å²) in [6, 6.07) is 7.33. The van der Waals surface area contributed by atoms with Gasteiger partial charge in [0, 0.05) is 13.5 Å². The van der Waals surface area contributed by atoms with Gasteiger partial charge in [0.25, 0.3) is 0 Å². The van der Waals surface area contributed by atoms with Crippen molar-refractivity contribution in [2.45, 2.75) is 20.0 Å². The van der Waals surface area contributed by atoms with Crippen LogP contribution in [0.2, 0.25) is 0 Å². The number of aliphatic hydroxyl groups excluding tert-OH is 1. The fourth-order valence-electron chi connectivity index (χ4n) is 1.26. The van der Waals surface area contributed by atoms with Gasteiger partial charge >= 0.3 is 0 Å². The second kappa shape index (κ2) is 6.85. The van der Waals surface area contributed by atoms with Crippen molar-refractivity contribution in [2.75, 3.05) is 13.2 Å². The summed E-state index contributed by atoms with van der Waals surface area (Å²) in [5.74, 6) is 0.719. The van der Waals surface area contributed by atoms with Gasteiger partial charge in [-0.2, -0.15) is 0 Å². The number of ether oxygens (including phenoxy) is 1. The van der Waals surface area contributed by atoms with Crippen molar-refractivity contribution in [1.82, 2.24) is 5.32 Å². The Bertz CT molecular complexity index is 339. The minimum Gasteiger partial charge on any atom is -0.494 e. The van der Waals surface area contributed by atoms with Gasteiger partial charge in [-0.15, -0.1) is 0 Å². The molecule has 0 bridgehead atoms. The van der Waals surface area contributed by atoms with Crippen LogP contribution in [-0.4, -0.2) is 24.2 Å². The van der Waals surface area contributed by atoms with E-state index >= 15 is 0 Å². The minimum atomic E-state index is -0.0257. The van der Waals surface area contributed by atoms with Gasteiger partial charge < -0.3 is 15.2 Å². The van der Waals surface area contributed by atoms with Gasteiger partial charge in [-0.1, -0.05) is 12.1 Å². The Morgan fingerprint density at radius 2 is 2.31 bits per heavy atom. The number of hydrogen-bond donors (Lipinski definition) is 2. The number of amides is 1. The van der Waals surface area contributed by atoms with Crippen molar-refractivity contribution >= 4 is 5.91 Å². The average molecular weight is 223 g/mol. The van der Waals surface area contributed by atoms with Crippen LogP contribution in [0.15, 0.2) is 24.3 Å². The van der Waals surface area contributed by atoms with E-state index in [1.165, 1.54) is 6.92 Å². The topological polar surface area (TPSA) is 58.6 Å². The first-order valence-electron chi connectivity index (χ1n) is 5.29. The van der Waals surface area contributed by atoms with Crippen molar-refractivity contribution in [3.05, 3.63) is 29.8 Å². The first-order valence-corrected chi connectivity index (χ1v) is 5.29. The molecule has 2 N–H and O–H groups in total. The molecular weight excluding hydrogens is 206 g/mol. The predicted molar refractivity (Wildman–Crippen MR) is 61.2 cm³/mol. The number of aliphatic hydroxyl groups is 1. The standard InChI is InChI=1S/C12H17NO3/c1-10(15)13-6-3-7-16-12-5-2-4-11(8-12)9-14/h2,4-5,8,14H,3,6-7,9H2,1H3,(H,13,15). The number of rotatable bonds is 6. The third-order valence-corrected chi connectivity index (χ3v) is 2.04. The summed E-state index contributed by atoms with van der Waals surface area (Å²) in [6.45, 7) is 2.68. The zero-order chi connectivity index (χ0) is 11.8. The lowest BCUT2D eigenvalue weighted by atomic mass is 10.2.